The predicted molar refractivity (Wildman–Crippen MR) is 103 cm³/mol. The largest absolute Gasteiger partial charge is 0.488 e. The molecule has 6 nitrogen and oxygen atoms in total. The maximum atomic E-state index is 12.8. The number of carbonyl (C=O) groups excluding carboxylic acids is 2. The van der Waals surface area contributed by atoms with Crippen LogP contribution in [0.4, 0.5) is 0 Å². The van der Waals surface area contributed by atoms with Crippen LogP contribution >= 0.6 is 0 Å². The molecule has 0 unspecified atom stereocenters. The number of esters is 1. The summed E-state index contributed by atoms with van der Waals surface area (Å²) in [5.41, 5.74) is 1.59. The maximum Gasteiger partial charge on any atom is 0.338 e. The topological polar surface area (TPSA) is 77.5 Å². The standard InChI is InChI=1S/C22H22N2O4/c25-21(24-17-8-2-3-9-17)20(18-10-5-6-12-23-18)28-22(26)16-13-15-7-1-4-11-19(15)27-14-16/h1,4-7,10-13,17,20H,2-3,8-9,14H2,(H,24,25)/t20-/m1/s1. The van der Waals surface area contributed by atoms with Crippen LogP contribution in [0.25, 0.3) is 6.08 Å². The van der Waals surface area contributed by atoms with E-state index < -0.39 is 12.1 Å². The highest BCUT2D eigenvalue weighted by atomic mass is 16.6. The molecule has 1 aliphatic heterocycles. The fourth-order valence-corrected chi connectivity index (χ4v) is 3.54. The Morgan fingerprint density at radius 3 is 2.68 bits per heavy atom. The van der Waals surface area contributed by atoms with Gasteiger partial charge in [0.15, 0.2) is 0 Å². The summed E-state index contributed by atoms with van der Waals surface area (Å²) in [6, 6.07) is 12.8. The van der Waals surface area contributed by atoms with Crippen LogP contribution in [-0.4, -0.2) is 29.5 Å². The Bertz CT molecular complexity index is 888. The van der Waals surface area contributed by atoms with Crippen LogP contribution in [0.1, 0.15) is 43.0 Å². The van der Waals surface area contributed by atoms with Gasteiger partial charge in [0, 0.05) is 17.8 Å². The van der Waals surface area contributed by atoms with E-state index in [-0.39, 0.29) is 18.6 Å². The van der Waals surface area contributed by atoms with Crippen molar-refractivity contribution >= 4 is 18.0 Å². The van der Waals surface area contributed by atoms with Crippen LogP contribution in [0.2, 0.25) is 0 Å². The van der Waals surface area contributed by atoms with Gasteiger partial charge in [0.05, 0.1) is 11.3 Å². The van der Waals surface area contributed by atoms with Gasteiger partial charge in [-0.2, -0.15) is 0 Å². The fraction of sp³-hybridized carbons (Fsp3) is 0.318. The molecule has 1 amide bonds. The second-order valence-electron chi connectivity index (χ2n) is 7.03. The number of amides is 1. The third-order valence-electron chi connectivity index (χ3n) is 5.02. The lowest BCUT2D eigenvalue weighted by Crippen LogP contribution is -2.38. The summed E-state index contributed by atoms with van der Waals surface area (Å²) in [6.45, 7) is 0.106. The summed E-state index contributed by atoms with van der Waals surface area (Å²) < 4.78 is 11.2. The van der Waals surface area contributed by atoms with Gasteiger partial charge in [-0.05, 0) is 37.1 Å². The minimum absolute atomic E-state index is 0.106. The van der Waals surface area contributed by atoms with Gasteiger partial charge in [0.25, 0.3) is 5.91 Å². The Balaban J connectivity index is 1.53. The molecule has 28 heavy (non-hydrogen) atoms. The van der Waals surface area contributed by atoms with Gasteiger partial charge in [-0.15, -0.1) is 0 Å². The lowest BCUT2D eigenvalue weighted by molar-refractivity contribution is -0.153. The van der Waals surface area contributed by atoms with E-state index >= 15 is 0 Å². The molecule has 0 saturated heterocycles. The van der Waals surface area contributed by atoms with Gasteiger partial charge < -0.3 is 14.8 Å². The second kappa shape index (κ2) is 8.25. The highest BCUT2D eigenvalue weighted by Crippen LogP contribution is 2.28. The van der Waals surface area contributed by atoms with E-state index in [0.717, 1.165) is 37.0 Å². The van der Waals surface area contributed by atoms with Crippen LogP contribution in [0.3, 0.4) is 0 Å². The van der Waals surface area contributed by atoms with Crippen molar-refractivity contribution in [1.29, 1.82) is 0 Å². The summed E-state index contributed by atoms with van der Waals surface area (Å²) in [7, 11) is 0. The molecule has 2 heterocycles. The molecule has 1 aromatic carbocycles. The molecule has 0 spiro atoms. The molecular formula is C22H22N2O4. The van der Waals surface area contributed by atoms with Gasteiger partial charge >= 0.3 is 5.97 Å². The summed E-state index contributed by atoms with van der Waals surface area (Å²) in [5.74, 6) is -0.192. The first kappa shape index (κ1) is 18.2. The zero-order valence-corrected chi connectivity index (χ0v) is 15.5. The van der Waals surface area contributed by atoms with E-state index in [1.165, 1.54) is 0 Å². The highest BCUT2D eigenvalue weighted by Gasteiger charge is 2.30. The summed E-state index contributed by atoms with van der Waals surface area (Å²) in [6.07, 6.45) is 6.33. The van der Waals surface area contributed by atoms with Crippen LogP contribution in [-0.2, 0) is 14.3 Å². The SMILES string of the molecule is O=C(O[C@@H](C(=O)NC1CCCC1)c1ccccn1)C1=Cc2ccccc2OC1. The smallest absolute Gasteiger partial charge is 0.338 e. The minimum Gasteiger partial charge on any atom is -0.488 e. The van der Waals surface area contributed by atoms with Crippen molar-refractivity contribution in [3.8, 4) is 5.75 Å². The zero-order chi connectivity index (χ0) is 19.3. The van der Waals surface area contributed by atoms with Crippen molar-refractivity contribution in [2.45, 2.75) is 37.8 Å². The van der Waals surface area contributed by atoms with Crippen molar-refractivity contribution in [2.24, 2.45) is 0 Å². The number of hydrogen-bond acceptors (Lipinski definition) is 5. The number of carbonyl (C=O) groups is 2. The van der Waals surface area contributed by atoms with Crippen LogP contribution in [0.5, 0.6) is 5.75 Å². The van der Waals surface area contributed by atoms with E-state index in [2.05, 4.69) is 10.3 Å². The van der Waals surface area contributed by atoms with Crippen molar-refractivity contribution in [1.82, 2.24) is 10.3 Å². The van der Waals surface area contributed by atoms with E-state index in [1.807, 2.05) is 24.3 Å². The molecule has 1 aliphatic carbocycles. The van der Waals surface area contributed by atoms with Crippen LogP contribution < -0.4 is 10.1 Å². The minimum atomic E-state index is -1.09. The van der Waals surface area contributed by atoms with E-state index in [1.54, 1.807) is 30.5 Å². The van der Waals surface area contributed by atoms with Crippen molar-refractivity contribution in [3.63, 3.8) is 0 Å². The van der Waals surface area contributed by atoms with E-state index in [9.17, 15) is 9.59 Å². The Morgan fingerprint density at radius 1 is 1.11 bits per heavy atom. The number of hydrogen-bond donors (Lipinski definition) is 1. The monoisotopic (exact) mass is 378 g/mol. The lowest BCUT2D eigenvalue weighted by Gasteiger charge is -2.22. The number of nitrogens with one attached hydrogen (secondary N) is 1. The Labute approximate surface area is 163 Å². The second-order valence-corrected chi connectivity index (χ2v) is 7.03. The number of aromatic nitrogens is 1. The molecule has 1 N–H and O–H groups in total. The third-order valence-corrected chi connectivity index (χ3v) is 5.02. The first-order valence-corrected chi connectivity index (χ1v) is 9.55. The molecule has 2 aromatic rings. The number of fused-ring (bicyclic) bond motifs is 1. The number of para-hydroxylation sites is 1. The van der Waals surface area contributed by atoms with E-state index in [0.29, 0.717) is 11.3 Å². The Kier molecular flexibility index (Phi) is 5.37. The Hall–Kier alpha value is -3.15. The van der Waals surface area contributed by atoms with Crippen molar-refractivity contribution in [2.75, 3.05) is 6.61 Å². The highest BCUT2D eigenvalue weighted by molar-refractivity contribution is 5.97. The van der Waals surface area contributed by atoms with Gasteiger partial charge in [-0.1, -0.05) is 37.1 Å². The Morgan fingerprint density at radius 2 is 1.89 bits per heavy atom. The summed E-state index contributed by atoms with van der Waals surface area (Å²) in [5, 5.41) is 2.99. The number of rotatable bonds is 5. The molecule has 4 rings (SSSR count). The molecule has 6 heteroatoms. The van der Waals surface area contributed by atoms with Gasteiger partial charge in [0.1, 0.15) is 12.4 Å². The molecular weight excluding hydrogens is 356 g/mol. The molecule has 2 aliphatic rings. The molecule has 1 atom stereocenters. The molecule has 0 bridgehead atoms. The fourth-order valence-electron chi connectivity index (χ4n) is 3.54. The van der Waals surface area contributed by atoms with Crippen molar-refractivity contribution < 1.29 is 19.1 Å². The first-order chi connectivity index (χ1) is 13.7. The first-order valence-electron chi connectivity index (χ1n) is 9.55. The average Bonchev–Trinajstić information content (AvgIpc) is 3.25. The van der Waals surface area contributed by atoms with Crippen LogP contribution in [0, 0.1) is 0 Å². The predicted octanol–water partition coefficient (Wildman–Crippen LogP) is 3.20. The van der Waals surface area contributed by atoms with E-state index in [4.69, 9.17) is 9.47 Å². The van der Waals surface area contributed by atoms with Gasteiger partial charge in [-0.3, -0.25) is 9.78 Å². The number of benzene rings is 1. The number of pyridine rings is 1. The maximum absolute atomic E-state index is 12.8. The third kappa shape index (κ3) is 4.06. The molecule has 0 radical (unpaired) electrons. The average molecular weight is 378 g/mol. The number of nitrogens with zero attached hydrogens (tertiary/aromatic N) is 1. The summed E-state index contributed by atoms with van der Waals surface area (Å²) in [4.78, 5) is 29.8. The zero-order valence-electron chi connectivity index (χ0n) is 15.5. The number of ether oxygens (including phenoxy) is 2. The summed E-state index contributed by atoms with van der Waals surface area (Å²) >= 11 is 0. The van der Waals surface area contributed by atoms with Gasteiger partial charge in [0.2, 0.25) is 6.10 Å². The molecule has 144 valence electrons. The molecule has 1 saturated carbocycles. The van der Waals surface area contributed by atoms with Gasteiger partial charge in [-0.25, -0.2) is 4.79 Å². The van der Waals surface area contributed by atoms with Crippen molar-refractivity contribution in [3.05, 3.63) is 65.5 Å². The normalized spacial score (nSPS) is 17.1. The molecule has 1 fully saturated rings. The lowest BCUT2D eigenvalue weighted by atomic mass is 10.1. The van der Waals surface area contributed by atoms with Crippen LogP contribution in [0.15, 0.2) is 54.2 Å². The molecule has 1 aromatic heterocycles. The quantitative estimate of drug-likeness (QED) is 0.809.